The number of hydrogen-bond acceptors (Lipinski definition) is 5. The summed E-state index contributed by atoms with van der Waals surface area (Å²) < 4.78 is 43.8. The van der Waals surface area contributed by atoms with Crippen LogP contribution >= 0.6 is 0 Å². The molecule has 2 heterocycles. The summed E-state index contributed by atoms with van der Waals surface area (Å²) in [5.74, 6) is -1.07. The Hall–Kier alpha value is -3.47. The van der Waals surface area contributed by atoms with Crippen LogP contribution in [0.15, 0.2) is 56.9 Å². The summed E-state index contributed by atoms with van der Waals surface area (Å²) in [5, 5.41) is -0.0397. The first-order chi connectivity index (χ1) is 16.2. The minimum absolute atomic E-state index is 0.0397. The van der Waals surface area contributed by atoms with Crippen LogP contribution in [-0.4, -0.2) is 41.4 Å². The molecule has 1 amide bonds. The summed E-state index contributed by atoms with van der Waals surface area (Å²) in [6.07, 6.45) is 3.79. The maximum Gasteiger partial charge on any atom is 0.331 e. The summed E-state index contributed by atoms with van der Waals surface area (Å²) in [6, 6.07) is 9.02. The van der Waals surface area contributed by atoms with Gasteiger partial charge in [-0.1, -0.05) is 25.0 Å². The van der Waals surface area contributed by atoms with Crippen molar-refractivity contribution in [2.75, 3.05) is 17.8 Å². The zero-order valence-electron chi connectivity index (χ0n) is 18.7. The summed E-state index contributed by atoms with van der Waals surface area (Å²) in [5.41, 5.74) is -1.44. The molecular weight excluding hydrogens is 463 g/mol. The van der Waals surface area contributed by atoms with Gasteiger partial charge in [0.15, 0.2) is 0 Å². The number of carbonyl (C=O) groups is 1. The highest BCUT2D eigenvalue weighted by molar-refractivity contribution is 7.92. The van der Waals surface area contributed by atoms with Crippen molar-refractivity contribution in [3.63, 3.8) is 0 Å². The molecule has 0 spiro atoms. The van der Waals surface area contributed by atoms with Gasteiger partial charge in [-0.2, -0.15) is 0 Å². The smallest absolute Gasteiger partial charge is 0.331 e. The number of carbonyl (C=O) groups excluding carboxylic acids is 1. The highest BCUT2D eigenvalue weighted by Crippen LogP contribution is 2.21. The SMILES string of the molecule is Cn1c(=O)n(CC(=O)N2CCCCCC2)c(=O)c2cc(S(=O)(=O)Nc3ccccc3F)ccc21. The number of anilines is 1. The van der Waals surface area contributed by atoms with E-state index in [1.807, 2.05) is 0 Å². The van der Waals surface area contributed by atoms with Crippen LogP contribution < -0.4 is 16.0 Å². The van der Waals surface area contributed by atoms with Crippen LogP contribution in [0.25, 0.3) is 10.9 Å². The molecule has 11 heteroatoms. The third-order valence-electron chi connectivity index (χ3n) is 6.00. The van der Waals surface area contributed by atoms with E-state index in [9.17, 15) is 27.2 Å². The number of para-hydroxylation sites is 1. The van der Waals surface area contributed by atoms with Gasteiger partial charge in [-0.25, -0.2) is 17.6 Å². The van der Waals surface area contributed by atoms with E-state index in [1.54, 1.807) is 4.90 Å². The Morgan fingerprint density at radius 1 is 1.03 bits per heavy atom. The van der Waals surface area contributed by atoms with E-state index in [1.165, 1.54) is 41.9 Å². The molecule has 0 bridgehead atoms. The number of fused-ring (bicyclic) bond motifs is 1. The van der Waals surface area contributed by atoms with Crippen LogP contribution in [-0.2, 0) is 28.4 Å². The zero-order valence-corrected chi connectivity index (χ0v) is 19.5. The van der Waals surface area contributed by atoms with Gasteiger partial charge in [0, 0.05) is 20.1 Å². The van der Waals surface area contributed by atoms with Gasteiger partial charge in [0.25, 0.3) is 15.6 Å². The Bertz CT molecular complexity index is 1470. The van der Waals surface area contributed by atoms with Crippen LogP contribution in [0.4, 0.5) is 10.1 Å². The predicted molar refractivity (Wildman–Crippen MR) is 126 cm³/mol. The van der Waals surface area contributed by atoms with Crippen LogP contribution in [0, 0.1) is 5.82 Å². The number of halogens is 1. The van der Waals surface area contributed by atoms with Gasteiger partial charge in [0.2, 0.25) is 5.91 Å². The van der Waals surface area contributed by atoms with Crippen molar-refractivity contribution in [1.82, 2.24) is 14.0 Å². The number of rotatable bonds is 5. The van der Waals surface area contributed by atoms with E-state index in [2.05, 4.69) is 4.72 Å². The van der Waals surface area contributed by atoms with Gasteiger partial charge in [0.1, 0.15) is 12.4 Å². The first kappa shape index (κ1) is 23.7. The van der Waals surface area contributed by atoms with Crippen molar-refractivity contribution >= 4 is 32.5 Å². The number of likely N-dealkylation sites (tertiary alicyclic amines) is 1. The molecule has 2 aromatic carbocycles. The zero-order chi connectivity index (χ0) is 24.5. The van der Waals surface area contributed by atoms with E-state index < -0.39 is 33.6 Å². The Balaban J connectivity index is 1.74. The second-order valence-corrected chi connectivity index (χ2v) is 9.97. The lowest BCUT2D eigenvalue weighted by atomic mass is 10.2. The molecule has 9 nitrogen and oxygen atoms in total. The Kier molecular flexibility index (Phi) is 6.56. The monoisotopic (exact) mass is 488 g/mol. The van der Waals surface area contributed by atoms with E-state index in [4.69, 9.17) is 0 Å². The number of sulfonamides is 1. The Morgan fingerprint density at radius 2 is 1.71 bits per heavy atom. The molecule has 3 aromatic rings. The molecular formula is C23H25FN4O5S. The summed E-state index contributed by atoms with van der Waals surface area (Å²) in [7, 11) is -2.78. The molecule has 1 N–H and O–H groups in total. The fraction of sp³-hybridized carbons (Fsp3) is 0.348. The second kappa shape index (κ2) is 9.41. The molecule has 0 radical (unpaired) electrons. The summed E-state index contributed by atoms with van der Waals surface area (Å²) >= 11 is 0. The van der Waals surface area contributed by atoms with Crippen molar-refractivity contribution < 1.29 is 17.6 Å². The van der Waals surface area contributed by atoms with E-state index in [0.717, 1.165) is 42.4 Å². The maximum atomic E-state index is 13.9. The lowest BCUT2D eigenvalue weighted by Gasteiger charge is -2.21. The lowest BCUT2D eigenvalue weighted by molar-refractivity contribution is -0.131. The molecule has 0 unspecified atom stereocenters. The number of amides is 1. The Labute approximate surface area is 195 Å². The highest BCUT2D eigenvalue weighted by Gasteiger charge is 2.22. The van der Waals surface area contributed by atoms with Crippen LogP contribution in [0.3, 0.4) is 0 Å². The molecule has 1 saturated heterocycles. The van der Waals surface area contributed by atoms with Gasteiger partial charge >= 0.3 is 5.69 Å². The van der Waals surface area contributed by atoms with Crippen LogP contribution in [0.2, 0.25) is 0 Å². The van der Waals surface area contributed by atoms with Gasteiger partial charge in [-0.15, -0.1) is 0 Å². The van der Waals surface area contributed by atoms with Crippen molar-refractivity contribution in [3.05, 3.63) is 69.1 Å². The third-order valence-corrected chi connectivity index (χ3v) is 7.37. The van der Waals surface area contributed by atoms with Gasteiger partial charge < -0.3 is 4.90 Å². The summed E-state index contributed by atoms with van der Waals surface area (Å²) in [6.45, 7) is 0.725. The van der Waals surface area contributed by atoms with E-state index >= 15 is 0 Å². The van der Waals surface area contributed by atoms with Gasteiger partial charge in [0.05, 0.1) is 21.5 Å². The third kappa shape index (κ3) is 4.60. The summed E-state index contributed by atoms with van der Waals surface area (Å²) in [4.78, 5) is 40.2. The normalized spacial score (nSPS) is 14.7. The molecule has 1 aromatic heterocycles. The molecule has 1 aliphatic heterocycles. The molecule has 1 fully saturated rings. The second-order valence-electron chi connectivity index (χ2n) is 8.29. The quantitative estimate of drug-likeness (QED) is 0.591. The minimum Gasteiger partial charge on any atom is -0.341 e. The molecule has 0 aliphatic carbocycles. The minimum atomic E-state index is -4.22. The standard InChI is InChI=1S/C23H25FN4O5S/c1-26-20-11-10-16(34(32,33)25-19-9-5-4-8-18(19)24)14-17(20)22(30)28(23(26)31)15-21(29)27-12-6-2-3-7-13-27/h4-5,8-11,14,25H,2-3,6-7,12-13,15H2,1H3. The van der Waals surface area contributed by atoms with Crippen LogP contribution in [0.1, 0.15) is 25.7 Å². The van der Waals surface area contributed by atoms with E-state index in [-0.39, 0.29) is 27.4 Å². The number of benzene rings is 2. The van der Waals surface area contributed by atoms with Crippen molar-refractivity contribution in [1.29, 1.82) is 0 Å². The van der Waals surface area contributed by atoms with Crippen molar-refractivity contribution in [3.8, 4) is 0 Å². The van der Waals surface area contributed by atoms with Crippen molar-refractivity contribution in [2.45, 2.75) is 37.1 Å². The maximum absolute atomic E-state index is 13.9. The topological polar surface area (TPSA) is 110 Å². The largest absolute Gasteiger partial charge is 0.341 e. The van der Waals surface area contributed by atoms with Gasteiger partial charge in [-0.3, -0.25) is 23.4 Å². The molecule has 0 atom stereocenters. The van der Waals surface area contributed by atoms with Crippen LogP contribution in [0.5, 0.6) is 0 Å². The van der Waals surface area contributed by atoms with E-state index in [0.29, 0.717) is 13.1 Å². The first-order valence-electron chi connectivity index (χ1n) is 11.0. The number of nitrogens with zero attached hydrogens (tertiary/aromatic N) is 3. The predicted octanol–water partition coefficient (Wildman–Crippen LogP) is 2.04. The highest BCUT2D eigenvalue weighted by atomic mass is 32.2. The molecule has 0 saturated carbocycles. The molecule has 34 heavy (non-hydrogen) atoms. The average molecular weight is 489 g/mol. The molecule has 180 valence electrons. The molecule has 1 aliphatic rings. The lowest BCUT2D eigenvalue weighted by Crippen LogP contribution is -2.44. The number of hydrogen-bond donors (Lipinski definition) is 1. The number of aromatic nitrogens is 2. The van der Waals surface area contributed by atoms with Crippen molar-refractivity contribution in [2.24, 2.45) is 7.05 Å². The number of aryl methyl sites for hydroxylation is 1. The number of nitrogens with one attached hydrogen (secondary N) is 1. The average Bonchev–Trinajstić information content (AvgIpc) is 3.11. The fourth-order valence-electron chi connectivity index (χ4n) is 4.10. The first-order valence-corrected chi connectivity index (χ1v) is 12.5. The van der Waals surface area contributed by atoms with Gasteiger partial charge in [-0.05, 0) is 43.2 Å². The molecule has 4 rings (SSSR count). The fourth-order valence-corrected chi connectivity index (χ4v) is 5.20. The Morgan fingerprint density at radius 3 is 2.38 bits per heavy atom.